The second kappa shape index (κ2) is 7.31. The van der Waals surface area contributed by atoms with Gasteiger partial charge in [-0.3, -0.25) is 0 Å². The van der Waals surface area contributed by atoms with Crippen molar-refractivity contribution in [1.82, 2.24) is 9.55 Å². The number of hydrogen-bond donors (Lipinski definition) is 1. The van der Waals surface area contributed by atoms with E-state index >= 15 is 0 Å². The number of nitrogens with zero attached hydrogens (tertiary/aromatic N) is 2. The SMILES string of the molecule is COCCCn1cc(C)nc1NCc1ccccc1Cl. The minimum atomic E-state index is 0.667. The van der Waals surface area contributed by atoms with Gasteiger partial charge < -0.3 is 14.6 Å². The maximum absolute atomic E-state index is 6.15. The van der Waals surface area contributed by atoms with E-state index in [9.17, 15) is 0 Å². The van der Waals surface area contributed by atoms with Gasteiger partial charge in [-0.25, -0.2) is 4.98 Å². The molecular weight excluding hydrogens is 274 g/mol. The normalized spacial score (nSPS) is 10.8. The first-order chi connectivity index (χ1) is 9.70. The van der Waals surface area contributed by atoms with Crippen molar-refractivity contribution in [2.24, 2.45) is 0 Å². The lowest BCUT2D eigenvalue weighted by atomic mass is 10.2. The molecular formula is C15H20ClN3O. The van der Waals surface area contributed by atoms with Crippen LogP contribution in [0.3, 0.4) is 0 Å². The monoisotopic (exact) mass is 293 g/mol. The fourth-order valence-electron chi connectivity index (χ4n) is 2.05. The average molecular weight is 294 g/mol. The Morgan fingerprint density at radius 3 is 2.90 bits per heavy atom. The van der Waals surface area contributed by atoms with Gasteiger partial charge in [-0.1, -0.05) is 29.8 Å². The molecule has 2 aromatic rings. The predicted molar refractivity (Wildman–Crippen MR) is 82.2 cm³/mol. The number of aromatic nitrogens is 2. The average Bonchev–Trinajstić information content (AvgIpc) is 2.78. The highest BCUT2D eigenvalue weighted by atomic mass is 35.5. The first-order valence-electron chi connectivity index (χ1n) is 6.70. The van der Waals surface area contributed by atoms with E-state index in [0.717, 1.165) is 41.8 Å². The molecule has 0 spiro atoms. The van der Waals surface area contributed by atoms with Crippen LogP contribution in [-0.4, -0.2) is 23.3 Å². The summed E-state index contributed by atoms with van der Waals surface area (Å²) in [5, 5.41) is 4.12. The molecule has 1 aromatic carbocycles. The molecule has 0 fully saturated rings. The van der Waals surface area contributed by atoms with Gasteiger partial charge in [-0.05, 0) is 25.0 Å². The number of benzene rings is 1. The van der Waals surface area contributed by atoms with Gasteiger partial charge in [0, 0.05) is 38.0 Å². The topological polar surface area (TPSA) is 39.1 Å². The maximum Gasteiger partial charge on any atom is 0.203 e. The van der Waals surface area contributed by atoms with Crippen molar-refractivity contribution in [1.29, 1.82) is 0 Å². The summed E-state index contributed by atoms with van der Waals surface area (Å²) < 4.78 is 7.20. The maximum atomic E-state index is 6.15. The van der Waals surface area contributed by atoms with Crippen molar-refractivity contribution < 1.29 is 4.74 Å². The quantitative estimate of drug-likeness (QED) is 0.794. The molecule has 1 N–H and O–H groups in total. The zero-order valence-corrected chi connectivity index (χ0v) is 12.7. The summed E-state index contributed by atoms with van der Waals surface area (Å²) in [6, 6.07) is 7.83. The molecule has 0 radical (unpaired) electrons. The van der Waals surface area contributed by atoms with Crippen LogP contribution in [0.4, 0.5) is 5.95 Å². The Bertz CT molecular complexity index is 554. The minimum absolute atomic E-state index is 0.667. The molecule has 0 saturated heterocycles. The molecule has 4 nitrogen and oxygen atoms in total. The van der Waals surface area contributed by atoms with Gasteiger partial charge in [-0.2, -0.15) is 0 Å². The van der Waals surface area contributed by atoms with Gasteiger partial charge in [0.2, 0.25) is 5.95 Å². The van der Waals surface area contributed by atoms with Crippen LogP contribution >= 0.6 is 11.6 Å². The van der Waals surface area contributed by atoms with Crippen LogP contribution in [0.1, 0.15) is 17.7 Å². The van der Waals surface area contributed by atoms with E-state index in [1.165, 1.54) is 0 Å². The molecule has 5 heteroatoms. The Morgan fingerprint density at radius 2 is 2.15 bits per heavy atom. The molecule has 108 valence electrons. The predicted octanol–water partition coefficient (Wildman–Crippen LogP) is 3.49. The number of hydrogen-bond acceptors (Lipinski definition) is 3. The van der Waals surface area contributed by atoms with E-state index in [1.54, 1.807) is 7.11 Å². The molecule has 1 aromatic heterocycles. The van der Waals surface area contributed by atoms with Crippen molar-refractivity contribution >= 4 is 17.5 Å². The van der Waals surface area contributed by atoms with E-state index < -0.39 is 0 Å². The largest absolute Gasteiger partial charge is 0.385 e. The summed E-state index contributed by atoms with van der Waals surface area (Å²) in [6.45, 7) is 4.30. The van der Waals surface area contributed by atoms with Crippen molar-refractivity contribution in [3.8, 4) is 0 Å². The summed E-state index contributed by atoms with van der Waals surface area (Å²) in [6.07, 6.45) is 3.01. The number of nitrogens with one attached hydrogen (secondary N) is 1. The summed E-state index contributed by atoms with van der Waals surface area (Å²) in [5.41, 5.74) is 2.07. The molecule has 1 heterocycles. The van der Waals surface area contributed by atoms with Gasteiger partial charge in [-0.15, -0.1) is 0 Å². The van der Waals surface area contributed by atoms with E-state index in [-0.39, 0.29) is 0 Å². The van der Waals surface area contributed by atoms with Crippen LogP contribution in [0.5, 0.6) is 0 Å². The summed E-state index contributed by atoms with van der Waals surface area (Å²) >= 11 is 6.15. The van der Waals surface area contributed by atoms with Crippen LogP contribution in [-0.2, 0) is 17.8 Å². The molecule has 2 rings (SSSR count). The van der Waals surface area contributed by atoms with Gasteiger partial charge in [0.1, 0.15) is 0 Å². The lowest BCUT2D eigenvalue weighted by molar-refractivity contribution is 0.190. The highest BCUT2D eigenvalue weighted by molar-refractivity contribution is 6.31. The standard InChI is InChI=1S/C15H20ClN3O/c1-12-11-19(8-5-9-20-2)15(18-12)17-10-13-6-3-4-7-14(13)16/h3-4,6-7,11H,5,8-10H2,1-2H3,(H,17,18). The van der Waals surface area contributed by atoms with Crippen LogP contribution in [0.25, 0.3) is 0 Å². The third kappa shape index (κ3) is 3.99. The number of imidazole rings is 1. The highest BCUT2D eigenvalue weighted by Crippen LogP contribution is 2.17. The summed E-state index contributed by atoms with van der Waals surface area (Å²) in [5.74, 6) is 0.874. The van der Waals surface area contributed by atoms with E-state index in [4.69, 9.17) is 16.3 Å². The molecule has 0 bridgehead atoms. The fraction of sp³-hybridized carbons (Fsp3) is 0.400. The molecule has 0 aliphatic carbocycles. The van der Waals surface area contributed by atoms with Crippen molar-refractivity contribution in [2.45, 2.75) is 26.4 Å². The lowest BCUT2D eigenvalue weighted by Crippen LogP contribution is -2.08. The van der Waals surface area contributed by atoms with Gasteiger partial charge in [0.15, 0.2) is 0 Å². The van der Waals surface area contributed by atoms with Crippen LogP contribution in [0, 0.1) is 6.92 Å². The summed E-state index contributed by atoms with van der Waals surface area (Å²) in [4.78, 5) is 4.50. The third-order valence-electron chi connectivity index (χ3n) is 3.04. The molecule has 0 aliphatic rings. The van der Waals surface area contributed by atoms with Crippen molar-refractivity contribution in [2.75, 3.05) is 19.0 Å². The molecule has 0 atom stereocenters. The minimum Gasteiger partial charge on any atom is -0.385 e. The Morgan fingerprint density at radius 1 is 1.35 bits per heavy atom. The number of rotatable bonds is 7. The molecule has 0 aliphatic heterocycles. The van der Waals surface area contributed by atoms with Crippen LogP contribution in [0.2, 0.25) is 5.02 Å². The third-order valence-corrected chi connectivity index (χ3v) is 3.41. The number of methoxy groups -OCH3 is 1. The van der Waals surface area contributed by atoms with Gasteiger partial charge in [0.05, 0.1) is 5.69 Å². The van der Waals surface area contributed by atoms with Crippen molar-refractivity contribution in [3.63, 3.8) is 0 Å². The second-order valence-electron chi connectivity index (χ2n) is 4.69. The Hall–Kier alpha value is -1.52. The smallest absolute Gasteiger partial charge is 0.203 e. The van der Waals surface area contributed by atoms with E-state index in [2.05, 4.69) is 14.9 Å². The molecule has 0 amide bonds. The number of ether oxygens (including phenoxy) is 1. The Balaban J connectivity index is 2.00. The first-order valence-corrected chi connectivity index (χ1v) is 7.08. The number of anilines is 1. The first kappa shape index (κ1) is 14.9. The van der Waals surface area contributed by atoms with Crippen LogP contribution in [0.15, 0.2) is 30.5 Å². The number of aryl methyl sites for hydroxylation is 2. The molecule has 0 unspecified atom stereocenters. The molecule has 0 saturated carbocycles. The van der Waals surface area contributed by atoms with E-state index in [1.807, 2.05) is 37.4 Å². The summed E-state index contributed by atoms with van der Waals surface area (Å²) in [7, 11) is 1.72. The molecule has 20 heavy (non-hydrogen) atoms. The second-order valence-corrected chi connectivity index (χ2v) is 5.10. The number of halogens is 1. The lowest BCUT2D eigenvalue weighted by Gasteiger charge is -2.10. The highest BCUT2D eigenvalue weighted by Gasteiger charge is 2.06. The van der Waals surface area contributed by atoms with Gasteiger partial charge >= 0.3 is 0 Å². The Kier molecular flexibility index (Phi) is 5.44. The van der Waals surface area contributed by atoms with Gasteiger partial charge in [0.25, 0.3) is 0 Å². The zero-order valence-electron chi connectivity index (χ0n) is 11.9. The van der Waals surface area contributed by atoms with Crippen molar-refractivity contribution in [3.05, 3.63) is 46.7 Å². The van der Waals surface area contributed by atoms with E-state index in [0.29, 0.717) is 6.54 Å². The zero-order chi connectivity index (χ0) is 14.4. The van der Waals surface area contributed by atoms with Crippen LogP contribution < -0.4 is 5.32 Å². The Labute approximate surface area is 124 Å². The fourth-order valence-corrected chi connectivity index (χ4v) is 2.26.